The molecule has 3 rings (SSSR count). The summed E-state index contributed by atoms with van der Waals surface area (Å²) in [6, 6.07) is 1.92. The molecule has 180 valence electrons. The second-order valence-electron chi connectivity index (χ2n) is 8.06. The molecule has 2 N–H and O–H groups in total. The van der Waals surface area contributed by atoms with Crippen LogP contribution in [0, 0.1) is 11.8 Å². The number of carboxylic acid groups (broad SMARTS) is 1. The number of hydrogen-bond acceptors (Lipinski definition) is 7. The van der Waals surface area contributed by atoms with Crippen molar-refractivity contribution in [3.05, 3.63) is 22.4 Å². The van der Waals surface area contributed by atoms with Gasteiger partial charge < -0.3 is 24.8 Å². The van der Waals surface area contributed by atoms with Crippen LogP contribution in [0.1, 0.15) is 44.9 Å². The Kier molecular flexibility index (Phi) is 10.6. The van der Waals surface area contributed by atoms with Crippen molar-refractivity contribution >= 4 is 45.3 Å². The normalized spacial score (nSPS) is 13.4. The van der Waals surface area contributed by atoms with E-state index < -0.39 is 11.7 Å². The Bertz CT molecular complexity index is 990. The number of aromatic nitrogens is 2. The van der Waals surface area contributed by atoms with E-state index in [9.17, 15) is 9.59 Å². The fraction of sp³-hybridized carbons (Fsp3) is 0.545. The van der Waals surface area contributed by atoms with Gasteiger partial charge in [0, 0.05) is 26.1 Å². The summed E-state index contributed by atoms with van der Waals surface area (Å²) in [7, 11) is 0. The first-order valence-corrected chi connectivity index (χ1v) is 11.8. The number of carbonyl (C=O) groups is 2. The van der Waals surface area contributed by atoms with Gasteiger partial charge in [0.2, 0.25) is 0 Å². The molecule has 0 aromatic carbocycles. The Morgan fingerprint density at radius 2 is 2.03 bits per heavy atom. The Labute approximate surface area is 202 Å². The molecule has 0 saturated carbocycles. The summed E-state index contributed by atoms with van der Waals surface area (Å²) in [5.74, 6) is 6.26. The maximum atomic E-state index is 11.5. The van der Waals surface area contributed by atoms with E-state index >= 15 is 0 Å². The largest absolute Gasteiger partial charge is 0.465 e. The first kappa shape index (κ1) is 26.6. The molecule has 1 fully saturated rings. The lowest BCUT2D eigenvalue weighted by atomic mass is 10.2. The van der Waals surface area contributed by atoms with Crippen molar-refractivity contribution in [2.24, 2.45) is 0 Å². The van der Waals surface area contributed by atoms with Crippen molar-refractivity contribution in [1.29, 1.82) is 0 Å². The van der Waals surface area contributed by atoms with Crippen molar-refractivity contribution < 1.29 is 24.2 Å². The van der Waals surface area contributed by atoms with Gasteiger partial charge in [-0.2, -0.15) is 0 Å². The van der Waals surface area contributed by atoms with E-state index in [1.807, 2.05) is 26.8 Å². The summed E-state index contributed by atoms with van der Waals surface area (Å²) in [5.41, 5.74) is 0.360. The third kappa shape index (κ3) is 10.2. The number of ether oxygens (including phenoxy) is 2. The number of alkyl carbamates (subject to hydrolysis) is 1. The van der Waals surface area contributed by atoms with E-state index in [2.05, 4.69) is 27.1 Å². The van der Waals surface area contributed by atoms with Gasteiger partial charge in [0.25, 0.3) is 0 Å². The number of morpholine rings is 1. The van der Waals surface area contributed by atoms with Gasteiger partial charge >= 0.3 is 12.2 Å². The van der Waals surface area contributed by atoms with E-state index in [0.717, 1.165) is 34.4 Å². The number of amides is 2. The van der Waals surface area contributed by atoms with E-state index in [4.69, 9.17) is 26.2 Å². The smallest absolute Gasteiger partial charge is 0.407 e. The molecule has 2 amide bonds. The molecule has 11 heteroatoms. The summed E-state index contributed by atoms with van der Waals surface area (Å²) in [4.78, 5) is 32.1. The maximum Gasteiger partial charge on any atom is 0.407 e. The molecule has 2 aromatic rings. The third-order valence-electron chi connectivity index (χ3n) is 4.16. The molecule has 1 saturated heterocycles. The van der Waals surface area contributed by atoms with E-state index in [1.54, 1.807) is 0 Å². The number of unbranched alkanes of at least 4 members (excludes halogenated alkanes) is 2. The van der Waals surface area contributed by atoms with Crippen LogP contribution in [0.3, 0.4) is 0 Å². The van der Waals surface area contributed by atoms with Crippen molar-refractivity contribution in [2.75, 3.05) is 32.8 Å². The van der Waals surface area contributed by atoms with E-state index in [0.29, 0.717) is 38.0 Å². The van der Waals surface area contributed by atoms with E-state index in [1.165, 1.54) is 22.6 Å². The topological polar surface area (TPSA) is 114 Å². The lowest BCUT2D eigenvalue weighted by molar-refractivity contribution is 0.0392. The van der Waals surface area contributed by atoms with Crippen LogP contribution >= 0.6 is 22.9 Å². The van der Waals surface area contributed by atoms with Gasteiger partial charge in [0.15, 0.2) is 0 Å². The lowest BCUT2D eigenvalue weighted by Gasteiger charge is -2.23. The summed E-state index contributed by atoms with van der Waals surface area (Å²) in [6.45, 7) is 8.20. The van der Waals surface area contributed by atoms with Crippen LogP contribution in [-0.4, -0.2) is 70.6 Å². The Balaban J connectivity index is 0.000000357. The van der Waals surface area contributed by atoms with Crippen LogP contribution in [0.25, 0.3) is 10.2 Å². The SMILES string of the molecule is CC(C)(C)OC(=O)NCCCCC#Cc1cc2ncnc(Cl)c2s1.O=C(O)N1CCOCC1. The predicted octanol–water partition coefficient (Wildman–Crippen LogP) is 4.39. The molecule has 0 bridgehead atoms. The van der Waals surface area contributed by atoms with Crippen LogP contribution in [0.15, 0.2) is 12.4 Å². The highest BCUT2D eigenvalue weighted by Crippen LogP contribution is 2.28. The summed E-state index contributed by atoms with van der Waals surface area (Å²) < 4.78 is 11.0. The minimum absolute atomic E-state index is 0.378. The second-order valence-corrected chi connectivity index (χ2v) is 9.47. The minimum Gasteiger partial charge on any atom is -0.465 e. The molecule has 2 aromatic heterocycles. The highest BCUT2D eigenvalue weighted by Gasteiger charge is 2.15. The van der Waals surface area contributed by atoms with Crippen molar-refractivity contribution in [3.8, 4) is 11.8 Å². The Morgan fingerprint density at radius 1 is 1.30 bits per heavy atom. The number of nitrogens with zero attached hydrogens (tertiary/aromatic N) is 3. The minimum atomic E-state index is -0.849. The number of nitrogens with one attached hydrogen (secondary N) is 1. The first-order valence-electron chi connectivity index (χ1n) is 10.6. The first-order chi connectivity index (χ1) is 15.7. The number of hydrogen-bond donors (Lipinski definition) is 2. The molecule has 1 aliphatic rings. The van der Waals surface area contributed by atoms with Crippen molar-refractivity contribution in [1.82, 2.24) is 20.2 Å². The zero-order valence-corrected chi connectivity index (χ0v) is 20.6. The molecule has 0 radical (unpaired) electrons. The van der Waals surface area contributed by atoms with Gasteiger partial charge in [0.05, 0.1) is 28.3 Å². The number of carbonyl (C=O) groups excluding carboxylic acids is 1. The fourth-order valence-corrected chi connectivity index (χ4v) is 3.76. The number of halogens is 1. The van der Waals surface area contributed by atoms with Gasteiger partial charge in [-0.25, -0.2) is 19.6 Å². The maximum absolute atomic E-state index is 11.5. The van der Waals surface area contributed by atoms with Gasteiger partial charge in [-0.05, 0) is 39.7 Å². The van der Waals surface area contributed by atoms with Crippen LogP contribution in [0.2, 0.25) is 5.15 Å². The number of thiophene rings is 1. The molecule has 0 spiro atoms. The lowest BCUT2D eigenvalue weighted by Crippen LogP contribution is -2.39. The van der Waals surface area contributed by atoms with Crippen molar-refractivity contribution in [3.63, 3.8) is 0 Å². The summed E-state index contributed by atoms with van der Waals surface area (Å²) in [6.07, 6.45) is 2.76. The molecular formula is C22H29ClN4O5S. The van der Waals surface area contributed by atoms with Gasteiger partial charge in [0.1, 0.15) is 17.1 Å². The number of fused-ring (bicyclic) bond motifs is 1. The average molecular weight is 497 g/mol. The van der Waals surface area contributed by atoms with Gasteiger partial charge in [-0.1, -0.05) is 23.4 Å². The standard InChI is InChI=1S/C17H20ClN3O2S.C5H9NO3/c1-17(2,3)23-16(22)19-9-7-5-4-6-8-12-10-13-14(24-12)15(18)21-11-20-13;7-5(8)6-1-3-9-4-2-6/h10-11H,4-5,7,9H2,1-3H3,(H,19,22);1-4H2,(H,7,8). The van der Waals surface area contributed by atoms with Crippen LogP contribution in [0.5, 0.6) is 0 Å². The van der Waals surface area contributed by atoms with Gasteiger partial charge in [-0.15, -0.1) is 11.3 Å². The van der Waals surface area contributed by atoms with Crippen LogP contribution < -0.4 is 5.32 Å². The molecule has 33 heavy (non-hydrogen) atoms. The third-order valence-corrected chi connectivity index (χ3v) is 5.60. The zero-order chi connectivity index (χ0) is 24.3. The number of rotatable bonds is 4. The molecule has 0 unspecified atom stereocenters. The molecular weight excluding hydrogens is 468 g/mol. The highest BCUT2D eigenvalue weighted by atomic mass is 35.5. The quantitative estimate of drug-likeness (QED) is 0.366. The second kappa shape index (κ2) is 13.2. The average Bonchev–Trinajstić information content (AvgIpc) is 3.17. The highest BCUT2D eigenvalue weighted by molar-refractivity contribution is 7.20. The van der Waals surface area contributed by atoms with Crippen LogP contribution in [-0.2, 0) is 9.47 Å². The fourth-order valence-electron chi connectivity index (χ4n) is 2.63. The summed E-state index contributed by atoms with van der Waals surface area (Å²) in [5, 5.41) is 11.6. The molecule has 9 nitrogen and oxygen atoms in total. The Hall–Kier alpha value is -2.61. The monoisotopic (exact) mass is 496 g/mol. The molecule has 0 atom stereocenters. The predicted molar refractivity (Wildman–Crippen MR) is 128 cm³/mol. The van der Waals surface area contributed by atoms with E-state index in [-0.39, 0.29) is 6.09 Å². The molecule has 1 aliphatic heterocycles. The van der Waals surface area contributed by atoms with Crippen molar-refractivity contribution in [2.45, 2.75) is 45.6 Å². The molecule has 0 aliphatic carbocycles. The van der Waals surface area contributed by atoms with Crippen LogP contribution in [0.4, 0.5) is 9.59 Å². The summed E-state index contributed by atoms with van der Waals surface area (Å²) >= 11 is 7.52. The van der Waals surface area contributed by atoms with Gasteiger partial charge in [-0.3, -0.25) is 0 Å². The molecule has 3 heterocycles. The zero-order valence-electron chi connectivity index (χ0n) is 19.0. The Morgan fingerprint density at radius 3 is 2.64 bits per heavy atom.